The van der Waals surface area contributed by atoms with Crippen molar-refractivity contribution in [3.05, 3.63) is 35.9 Å². The van der Waals surface area contributed by atoms with Gasteiger partial charge in [-0.05, 0) is 12.1 Å². The smallest absolute Gasteiger partial charge is 0.216 e. The van der Waals surface area contributed by atoms with Crippen LogP contribution >= 0.6 is 0 Å². The molecule has 1 aliphatic rings. The monoisotopic (exact) mass is 262 g/mol. The van der Waals surface area contributed by atoms with Gasteiger partial charge in [-0.15, -0.1) is 0 Å². The zero-order valence-corrected chi connectivity index (χ0v) is 11.6. The maximum atomic E-state index is 11.1. The van der Waals surface area contributed by atoms with E-state index in [2.05, 4.69) is 29.3 Å². The van der Waals surface area contributed by atoms with Gasteiger partial charge in [-0.3, -0.25) is 9.69 Å². The van der Waals surface area contributed by atoms with E-state index in [1.54, 1.807) is 0 Å². The molecular formula is C15H22N2O2. The summed E-state index contributed by atoms with van der Waals surface area (Å²) in [5.41, 5.74) is 1.25. The Bertz CT molecular complexity index is 408. The molecule has 0 radical (unpaired) electrons. The van der Waals surface area contributed by atoms with Gasteiger partial charge in [-0.2, -0.15) is 0 Å². The summed E-state index contributed by atoms with van der Waals surface area (Å²) in [6, 6.07) is 10.6. The Balaban J connectivity index is 2.17. The topological polar surface area (TPSA) is 41.6 Å². The number of benzene rings is 1. The van der Waals surface area contributed by atoms with Crippen LogP contribution < -0.4 is 5.32 Å². The van der Waals surface area contributed by atoms with Crippen LogP contribution in [0.25, 0.3) is 0 Å². The average molecular weight is 262 g/mol. The molecule has 1 saturated heterocycles. The number of ether oxygens (including phenoxy) is 1. The fourth-order valence-electron chi connectivity index (χ4n) is 2.63. The summed E-state index contributed by atoms with van der Waals surface area (Å²) in [5.74, 6) is -0.0102. The number of amides is 1. The number of likely N-dealkylation sites (N-methyl/N-ethyl adjacent to an activating group) is 1. The lowest BCUT2D eigenvalue weighted by Gasteiger charge is -2.41. The molecule has 4 nitrogen and oxygen atoms in total. The normalized spacial score (nSPS) is 24.1. The van der Waals surface area contributed by atoms with Gasteiger partial charge >= 0.3 is 0 Å². The molecule has 1 N–H and O–H groups in total. The SMILES string of the molecule is CCN1CCO[C@@H](CNC(C)=O)[C@@H]1c1ccccc1. The van der Waals surface area contributed by atoms with E-state index < -0.39 is 0 Å². The molecule has 1 aromatic rings. The van der Waals surface area contributed by atoms with Crippen LogP contribution in [0.2, 0.25) is 0 Å². The van der Waals surface area contributed by atoms with E-state index in [4.69, 9.17) is 4.74 Å². The summed E-state index contributed by atoms with van der Waals surface area (Å²) in [4.78, 5) is 13.5. The molecule has 0 unspecified atom stereocenters. The van der Waals surface area contributed by atoms with E-state index in [0.29, 0.717) is 6.54 Å². The van der Waals surface area contributed by atoms with E-state index in [-0.39, 0.29) is 18.1 Å². The van der Waals surface area contributed by atoms with E-state index in [0.717, 1.165) is 19.7 Å². The predicted octanol–water partition coefficient (Wildman–Crippen LogP) is 1.58. The molecule has 4 heteroatoms. The second-order valence-electron chi connectivity index (χ2n) is 4.83. The van der Waals surface area contributed by atoms with Crippen LogP contribution in [0.3, 0.4) is 0 Å². The van der Waals surface area contributed by atoms with Gasteiger partial charge in [0.15, 0.2) is 0 Å². The van der Waals surface area contributed by atoms with E-state index in [1.165, 1.54) is 12.5 Å². The maximum Gasteiger partial charge on any atom is 0.216 e. The highest BCUT2D eigenvalue weighted by Crippen LogP contribution is 2.28. The van der Waals surface area contributed by atoms with Crippen LogP contribution in [-0.2, 0) is 9.53 Å². The fraction of sp³-hybridized carbons (Fsp3) is 0.533. The zero-order valence-electron chi connectivity index (χ0n) is 11.6. The number of carbonyl (C=O) groups is 1. The van der Waals surface area contributed by atoms with Crippen LogP contribution in [0.5, 0.6) is 0 Å². The minimum atomic E-state index is -0.0102. The van der Waals surface area contributed by atoms with Crippen LogP contribution in [0.15, 0.2) is 30.3 Å². The lowest BCUT2D eigenvalue weighted by atomic mass is 9.98. The van der Waals surface area contributed by atoms with E-state index in [9.17, 15) is 4.79 Å². The number of nitrogens with one attached hydrogen (secondary N) is 1. The predicted molar refractivity (Wildman–Crippen MR) is 74.9 cm³/mol. The van der Waals surface area contributed by atoms with Crippen LogP contribution in [0.1, 0.15) is 25.5 Å². The van der Waals surface area contributed by atoms with E-state index >= 15 is 0 Å². The Morgan fingerprint density at radius 1 is 1.42 bits per heavy atom. The van der Waals surface area contributed by atoms with Crippen LogP contribution in [0, 0.1) is 0 Å². The third-order valence-corrected chi connectivity index (χ3v) is 3.56. The number of nitrogens with zero attached hydrogens (tertiary/aromatic N) is 1. The first-order valence-electron chi connectivity index (χ1n) is 6.87. The summed E-state index contributed by atoms with van der Waals surface area (Å²) < 4.78 is 5.87. The third kappa shape index (κ3) is 3.55. The first-order valence-corrected chi connectivity index (χ1v) is 6.87. The molecule has 1 aromatic carbocycles. The molecule has 0 bridgehead atoms. The summed E-state index contributed by atoms with van der Waals surface area (Å²) in [7, 11) is 0. The van der Waals surface area contributed by atoms with Crippen molar-refractivity contribution in [2.75, 3.05) is 26.2 Å². The van der Waals surface area contributed by atoms with Gasteiger partial charge in [-0.25, -0.2) is 0 Å². The zero-order chi connectivity index (χ0) is 13.7. The molecule has 104 valence electrons. The standard InChI is InChI=1S/C15H22N2O2/c1-3-17-9-10-19-14(11-16-12(2)18)15(17)13-7-5-4-6-8-13/h4-8,14-15H,3,9-11H2,1-2H3,(H,16,18)/t14-,15-/m0/s1. The molecule has 2 rings (SSSR count). The highest BCUT2D eigenvalue weighted by Gasteiger charge is 2.32. The highest BCUT2D eigenvalue weighted by atomic mass is 16.5. The molecule has 1 aliphatic heterocycles. The van der Waals surface area contributed by atoms with Crippen molar-refractivity contribution >= 4 is 5.91 Å². The molecule has 2 atom stereocenters. The van der Waals surface area contributed by atoms with Crippen LogP contribution in [0.4, 0.5) is 0 Å². The number of rotatable bonds is 4. The van der Waals surface area contributed by atoms with Gasteiger partial charge in [0, 0.05) is 20.0 Å². The third-order valence-electron chi connectivity index (χ3n) is 3.56. The van der Waals surface area contributed by atoms with Crippen molar-refractivity contribution in [2.24, 2.45) is 0 Å². The Morgan fingerprint density at radius 3 is 2.79 bits per heavy atom. The molecule has 19 heavy (non-hydrogen) atoms. The second kappa shape index (κ2) is 6.68. The summed E-state index contributed by atoms with van der Waals surface area (Å²) in [6.07, 6.45) is 0.0139. The van der Waals surface area contributed by atoms with Crippen molar-refractivity contribution in [2.45, 2.75) is 26.0 Å². The average Bonchev–Trinajstić information content (AvgIpc) is 2.45. The maximum absolute atomic E-state index is 11.1. The number of hydrogen-bond acceptors (Lipinski definition) is 3. The molecule has 0 spiro atoms. The Morgan fingerprint density at radius 2 is 2.16 bits per heavy atom. The Kier molecular flexibility index (Phi) is 4.93. The minimum Gasteiger partial charge on any atom is -0.373 e. The van der Waals surface area contributed by atoms with Gasteiger partial charge in [0.2, 0.25) is 5.91 Å². The first kappa shape index (κ1) is 14.0. The molecular weight excluding hydrogens is 240 g/mol. The summed E-state index contributed by atoms with van der Waals surface area (Å²) >= 11 is 0. The largest absolute Gasteiger partial charge is 0.373 e. The summed E-state index contributed by atoms with van der Waals surface area (Å²) in [6.45, 7) is 6.91. The molecule has 0 saturated carbocycles. The minimum absolute atomic E-state index is 0.0102. The van der Waals surface area contributed by atoms with Crippen molar-refractivity contribution < 1.29 is 9.53 Å². The first-order chi connectivity index (χ1) is 9.22. The molecule has 1 fully saturated rings. The Labute approximate surface area is 114 Å². The molecule has 1 amide bonds. The van der Waals surface area contributed by atoms with Crippen molar-refractivity contribution in [3.8, 4) is 0 Å². The molecule has 0 aliphatic carbocycles. The lowest BCUT2D eigenvalue weighted by Crippen LogP contribution is -2.49. The van der Waals surface area contributed by atoms with Gasteiger partial charge in [0.05, 0.1) is 18.8 Å². The molecule has 1 heterocycles. The van der Waals surface area contributed by atoms with Crippen molar-refractivity contribution in [3.63, 3.8) is 0 Å². The van der Waals surface area contributed by atoms with Crippen molar-refractivity contribution in [1.29, 1.82) is 0 Å². The van der Waals surface area contributed by atoms with Gasteiger partial charge in [0.25, 0.3) is 0 Å². The second-order valence-corrected chi connectivity index (χ2v) is 4.83. The summed E-state index contributed by atoms with van der Waals surface area (Å²) in [5, 5.41) is 2.87. The lowest BCUT2D eigenvalue weighted by molar-refractivity contribution is -0.121. The fourth-order valence-corrected chi connectivity index (χ4v) is 2.63. The quantitative estimate of drug-likeness (QED) is 0.896. The number of carbonyl (C=O) groups excluding carboxylic acids is 1. The molecule has 0 aromatic heterocycles. The van der Waals surface area contributed by atoms with E-state index in [1.807, 2.05) is 18.2 Å². The van der Waals surface area contributed by atoms with Gasteiger partial charge < -0.3 is 10.1 Å². The van der Waals surface area contributed by atoms with Gasteiger partial charge in [0.1, 0.15) is 0 Å². The Hall–Kier alpha value is -1.39. The number of morpholine rings is 1. The van der Waals surface area contributed by atoms with Gasteiger partial charge in [-0.1, -0.05) is 37.3 Å². The van der Waals surface area contributed by atoms with Crippen LogP contribution in [-0.4, -0.2) is 43.2 Å². The highest BCUT2D eigenvalue weighted by molar-refractivity contribution is 5.72. The van der Waals surface area contributed by atoms with Crippen molar-refractivity contribution in [1.82, 2.24) is 10.2 Å². The number of hydrogen-bond donors (Lipinski definition) is 1.